The Labute approximate surface area is 161 Å². The second kappa shape index (κ2) is 10.4. The molecule has 0 saturated heterocycles. The summed E-state index contributed by atoms with van der Waals surface area (Å²) < 4.78 is 2.19. The van der Waals surface area contributed by atoms with Crippen molar-refractivity contribution in [1.29, 1.82) is 0 Å². The fraction of sp³-hybridized carbons (Fsp3) is 0.550. The highest BCUT2D eigenvalue weighted by Gasteiger charge is 2.17. The molecule has 142 valence electrons. The molecule has 1 amide bonds. The van der Waals surface area contributed by atoms with Gasteiger partial charge in [0.05, 0.1) is 5.75 Å². The van der Waals surface area contributed by atoms with Crippen molar-refractivity contribution in [3.8, 4) is 0 Å². The third kappa shape index (κ3) is 5.87. The number of aryl methyl sites for hydroxylation is 2. The minimum Gasteiger partial charge on any atom is -0.343 e. The van der Waals surface area contributed by atoms with Gasteiger partial charge in [0.25, 0.3) is 0 Å². The van der Waals surface area contributed by atoms with Crippen LogP contribution in [0.3, 0.4) is 0 Å². The van der Waals surface area contributed by atoms with E-state index in [1.807, 2.05) is 24.8 Å². The maximum atomic E-state index is 12.3. The third-order valence-electron chi connectivity index (χ3n) is 4.26. The number of aromatic nitrogens is 3. The molecule has 2 rings (SSSR count). The largest absolute Gasteiger partial charge is 0.343 e. The highest BCUT2D eigenvalue weighted by Crippen LogP contribution is 2.20. The molecular formula is C20H30N4OS. The van der Waals surface area contributed by atoms with Crippen LogP contribution in [0.5, 0.6) is 0 Å². The van der Waals surface area contributed by atoms with E-state index < -0.39 is 0 Å². The van der Waals surface area contributed by atoms with Gasteiger partial charge >= 0.3 is 0 Å². The van der Waals surface area contributed by atoms with Crippen LogP contribution in [0.1, 0.15) is 39.1 Å². The Hall–Kier alpha value is -1.82. The highest BCUT2D eigenvalue weighted by molar-refractivity contribution is 7.99. The maximum absolute atomic E-state index is 12.3. The Morgan fingerprint density at radius 3 is 2.42 bits per heavy atom. The van der Waals surface area contributed by atoms with E-state index in [0.29, 0.717) is 11.7 Å². The first-order chi connectivity index (χ1) is 12.5. The third-order valence-corrected chi connectivity index (χ3v) is 5.21. The molecule has 0 atom stereocenters. The number of benzene rings is 1. The van der Waals surface area contributed by atoms with Crippen molar-refractivity contribution in [3.63, 3.8) is 0 Å². The molecule has 5 nitrogen and oxygen atoms in total. The number of rotatable bonds is 10. The summed E-state index contributed by atoms with van der Waals surface area (Å²) in [7, 11) is 0. The first-order valence-corrected chi connectivity index (χ1v) is 10.4. The smallest absolute Gasteiger partial charge is 0.233 e. The van der Waals surface area contributed by atoms with Gasteiger partial charge in [-0.2, -0.15) is 0 Å². The number of amides is 1. The highest BCUT2D eigenvalue weighted by atomic mass is 32.2. The average molecular weight is 375 g/mol. The lowest BCUT2D eigenvalue weighted by atomic mass is 10.1. The molecule has 0 aliphatic rings. The zero-order valence-corrected chi connectivity index (χ0v) is 17.1. The van der Waals surface area contributed by atoms with Crippen molar-refractivity contribution in [2.24, 2.45) is 5.92 Å². The van der Waals surface area contributed by atoms with E-state index in [9.17, 15) is 4.79 Å². The zero-order chi connectivity index (χ0) is 18.9. The molecule has 0 aliphatic carbocycles. The van der Waals surface area contributed by atoms with Crippen LogP contribution in [0.15, 0.2) is 35.5 Å². The van der Waals surface area contributed by atoms with Gasteiger partial charge in [-0.05, 0) is 31.7 Å². The van der Waals surface area contributed by atoms with Crippen molar-refractivity contribution in [3.05, 3.63) is 41.7 Å². The number of carbonyl (C=O) groups is 1. The van der Waals surface area contributed by atoms with Crippen molar-refractivity contribution in [2.75, 3.05) is 18.8 Å². The molecule has 0 unspecified atom stereocenters. The van der Waals surface area contributed by atoms with Gasteiger partial charge in [0, 0.05) is 26.1 Å². The average Bonchev–Trinajstić information content (AvgIpc) is 3.01. The Kier molecular flexibility index (Phi) is 8.16. The van der Waals surface area contributed by atoms with E-state index >= 15 is 0 Å². The molecule has 0 radical (unpaired) electrons. The molecule has 2 aromatic rings. The van der Waals surface area contributed by atoms with E-state index in [1.54, 1.807) is 0 Å². The van der Waals surface area contributed by atoms with Gasteiger partial charge < -0.3 is 9.47 Å². The van der Waals surface area contributed by atoms with Crippen LogP contribution in [0.4, 0.5) is 0 Å². The topological polar surface area (TPSA) is 51.0 Å². The SMILES string of the molecule is CCN(CC)C(=O)CSc1nnc(CCc2ccccc2)n1CC(C)C. The van der Waals surface area contributed by atoms with E-state index in [0.717, 1.165) is 43.5 Å². The van der Waals surface area contributed by atoms with Crippen LogP contribution in [-0.4, -0.2) is 44.4 Å². The van der Waals surface area contributed by atoms with Crippen LogP contribution in [0.2, 0.25) is 0 Å². The summed E-state index contributed by atoms with van der Waals surface area (Å²) >= 11 is 1.50. The van der Waals surface area contributed by atoms with Gasteiger partial charge in [0.2, 0.25) is 5.91 Å². The summed E-state index contributed by atoms with van der Waals surface area (Å²) in [6.07, 6.45) is 1.80. The van der Waals surface area contributed by atoms with E-state index in [-0.39, 0.29) is 5.91 Å². The maximum Gasteiger partial charge on any atom is 0.233 e. The summed E-state index contributed by atoms with van der Waals surface area (Å²) in [5.74, 6) is 2.07. The second-order valence-electron chi connectivity index (χ2n) is 6.74. The standard InChI is InChI=1S/C20H30N4OS/c1-5-23(6-2)19(25)15-26-20-22-21-18(24(20)14-16(3)4)13-12-17-10-8-7-9-11-17/h7-11,16H,5-6,12-15H2,1-4H3. The summed E-state index contributed by atoms with van der Waals surface area (Å²) in [6.45, 7) is 10.8. The molecule has 0 N–H and O–H groups in total. The summed E-state index contributed by atoms with van der Waals surface area (Å²) in [5.41, 5.74) is 1.30. The van der Waals surface area contributed by atoms with E-state index in [4.69, 9.17) is 0 Å². The number of hydrogen-bond acceptors (Lipinski definition) is 4. The van der Waals surface area contributed by atoms with Gasteiger partial charge in [-0.15, -0.1) is 10.2 Å². The molecule has 1 heterocycles. The summed E-state index contributed by atoms with van der Waals surface area (Å²) in [4.78, 5) is 14.1. The van der Waals surface area contributed by atoms with Crippen molar-refractivity contribution >= 4 is 17.7 Å². The van der Waals surface area contributed by atoms with Gasteiger partial charge in [-0.25, -0.2) is 0 Å². The predicted octanol–water partition coefficient (Wildman–Crippen LogP) is 3.68. The first-order valence-electron chi connectivity index (χ1n) is 9.41. The lowest BCUT2D eigenvalue weighted by Gasteiger charge is -2.18. The van der Waals surface area contributed by atoms with Crippen molar-refractivity contribution < 1.29 is 4.79 Å². The minimum atomic E-state index is 0.157. The minimum absolute atomic E-state index is 0.157. The molecular weight excluding hydrogens is 344 g/mol. The Morgan fingerprint density at radius 2 is 1.81 bits per heavy atom. The van der Waals surface area contributed by atoms with E-state index in [2.05, 4.69) is 52.9 Å². The predicted molar refractivity (Wildman–Crippen MR) is 107 cm³/mol. The Balaban J connectivity index is 2.06. The summed E-state index contributed by atoms with van der Waals surface area (Å²) in [5, 5.41) is 9.63. The summed E-state index contributed by atoms with van der Waals surface area (Å²) in [6, 6.07) is 10.4. The molecule has 0 spiro atoms. The van der Waals surface area contributed by atoms with Gasteiger partial charge in [0.1, 0.15) is 5.82 Å². The molecule has 26 heavy (non-hydrogen) atoms. The molecule has 0 bridgehead atoms. The number of thioether (sulfide) groups is 1. The lowest BCUT2D eigenvalue weighted by Crippen LogP contribution is -2.32. The number of hydrogen-bond donors (Lipinski definition) is 0. The van der Waals surface area contributed by atoms with Crippen molar-refractivity contribution in [2.45, 2.75) is 52.2 Å². The monoisotopic (exact) mass is 374 g/mol. The zero-order valence-electron chi connectivity index (χ0n) is 16.3. The molecule has 0 fully saturated rings. The fourth-order valence-corrected chi connectivity index (χ4v) is 3.72. The Bertz CT molecular complexity index is 680. The van der Waals surface area contributed by atoms with Crippen LogP contribution < -0.4 is 0 Å². The number of carbonyl (C=O) groups excluding carboxylic acids is 1. The number of nitrogens with zero attached hydrogens (tertiary/aromatic N) is 4. The second-order valence-corrected chi connectivity index (χ2v) is 7.69. The quantitative estimate of drug-likeness (QED) is 0.595. The van der Waals surface area contributed by atoms with Crippen molar-refractivity contribution in [1.82, 2.24) is 19.7 Å². The molecule has 1 aromatic carbocycles. The van der Waals surface area contributed by atoms with E-state index in [1.165, 1.54) is 17.3 Å². The normalized spacial score (nSPS) is 11.1. The molecule has 6 heteroatoms. The van der Waals surface area contributed by atoms with Gasteiger partial charge in [-0.1, -0.05) is 55.9 Å². The van der Waals surface area contributed by atoms with Crippen LogP contribution in [0, 0.1) is 5.92 Å². The first kappa shape index (κ1) is 20.5. The lowest BCUT2D eigenvalue weighted by molar-refractivity contribution is -0.127. The van der Waals surface area contributed by atoms with Crippen LogP contribution >= 0.6 is 11.8 Å². The Morgan fingerprint density at radius 1 is 1.12 bits per heavy atom. The molecule has 1 aromatic heterocycles. The molecule has 0 aliphatic heterocycles. The molecule has 0 saturated carbocycles. The van der Waals surface area contributed by atoms with Crippen LogP contribution in [-0.2, 0) is 24.2 Å². The van der Waals surface area contributed by atoms with Crippen LogP contribution in [0.25, 0.3) is 0 Å². The van der Waals surface area contributed by atoms with Gasteiger partial charge in [-0.3, -0.25) is 4.79 Å². The van der Waals surface area contributed by atoms with Gasteiger partial charge in [0.15, 0.2) is 5.16 Å². The fourth-order valence-electron chi connectivity index (χ4n) is 2.85.